The second kappa shape index (κ2) is 12.8. The lowest BCUT2D eigenvalue weighted by Crippen LogP contribution is -2.00. The Morgan fingerprint density at radius 3 is 2.16 bits per heavy atom. The van der Waals surface area contributed by atoms with Gasteiger partial charge in [0.25, 0.3) is 0 Å². The van der Waals surface area contributed by atoms with E-state index in [1.807, 2.05) is 73.7 Å². The van der Waals surface area contributed by atoms with Crippen LogP contribution >= 0.6 is 11.3 Å². The highest BCUT2D eigenvalue weighted by molar-refractivity contribution is 7.24. The largest absolute Gasteiger partial charge is 0.463 e. The van der Waals surface area contributed by atoms with E-state index >= 15 is 0 Å². The number of fused-ring (bicyclic) bond motifs is 2. The molecule has 38 heavy (non-hydrogen) atoms. The van der Waals surface area contributed by atoms with Crippen LogP contribution in [0.15, 0.2) is 102 Å². The molecule has 0 aliphatic rings. The smallest absolute Gasteiger partial charge is 0.330 e. The van der Waals surface area contributed by atoms with Crippen LogP contribution in [0.5, 0.6) is 11.5 Å². The quantitative estimate of drug-likeness (QED) is 0.127. The average molecular weight is 523 g/mol. The molecule has 0 aliphatic heterocycles. The van der Waals surface area contributed by atoms with E-state index in [9.17, 15) is 9.59 Å². The van der Waals surface area contributed by atoms with Crippen molar-refractivity contribution in [3.63, 3.8) is 0 Å². The van der Waals surface area contributed by atoms with E-state index in [0.717, 1.165) is 26.8 Å². The van der Waals surface area contributed by atoms with E-state index in [0.29, 0.717) is 23.5 Å². The van der Waals surface area contributed by atoms with Gasteiger partial charge in [-0.25, -0.2) is 4.79 Å². The molecule has 0 saturated carbocycles. The minimum absolute atomic E-state index is 0.0412. The fourth-order valence-electron chi connectivity index (χ4n) is 3.85. The minimum Gasteiger partial charge on any atom is -0.463 e. The molecule has 0 atom stereocenters. The number of rotatable bonds is 6. The van der Waals surface area contributed by atoms with Crippen LogP contribution < -0.4 is 10.2 Å². The zero-order valence-corrected chi connectivity index (χ0v) is 22.6. The summed E-state index contributed by atoms with van der Waals surface area (Å²) in [6.45, 7) is 6.58. The van der Waals surface area contributed by atoms with Crippen LogP contribution in [-0.2, 0) is 9.53 Å². The van der Waals surface area contributed by atoms with Crippen molar-refractivity contribution in [3.8, 4) is 11.5 Å². The SMILES string of the molecule is CCCOC(=O)/C=C\c1ccc(Oc2ccc3c(=O)c4ccccc4sc3c2)cc1.Cc1cccc(C)c1. The minimum atomic E-state index is -0.347. The standard InChI is InChI=1S/C25H20O4S.C8H10/c1-2-15-28-24(26)14-9-17-7-10-18(11-8-17)29-19-12-13-21-23(16-19)30-22-6-4-3-5-20(22)25(21)27;1-7-4-3-5-8(2)6-7/h3-14,16H,2,15H2,1H3;3-6H,1-2H3/b14-9-;. The second-order valence-electron chi connectivity index (χ2n) is 8.92. The monoisotopic (exact) mass is 522 g/mol. The number of benzene rings is 4. The molecule has 0 amide bonds. The highest BCUT2D eigenvalue weighted by atomic mass is 32.1. The molecule has 5 aromatic rings. The first-order valence-corrected chi connectivity index (χ1v) is 13.4. The van der Waals surface area contributed by atoms with Crippen molar-refractivity contribution in [1.29, 1.82) is 0 Å². The third-order valence-corrected chi connectivity index (χ3v) is 6.83. The molecule has 0 bridgehead atoms. The molecular weight excluding hydrogens is 492 g/mol. The Bertz CT molecular complexity index is 1610. The fraction of sp³-hybridized carbons (Fsp3) is 0.152. The van der Waals surface area contributed by atoms with Gasteiger partial charge in [-0.3, -0.25) is 4.79 Å². The Labute approximate surface area is 226 Å². The summed E-state index contributed by atoms with van der Waals surface area (Å²) in [6, 6.07) is 29.0. The Hall–Kier alpha value is -4.22. The molecule has 0 N–H and O–H groups in total. The molecule has 0 aliphatic carbocycles. The van der Waals surface area contributed by atoms with E-state index in [-0.39, 0.29) is 11.4 Å². The van der Waals surface area contributed by atoms with Crippen molar-refractivity contribution in [2.75, 3.05) is 6.61 Å². The van der Waals surface area contributed by atoms with Crippen molar-refractivity contribution in [2.24, 2.45) is 0 Å². The molecule has 1 heterocycles. The highest BCUT2D eigenvalue weighted by Gasteiger charge is 2.07. The van der Waals surface area contributed by atoms with Crippen molar-refractivity contribution in [2.45, 2.75) is 27.2 Å². The van der Waals surface area contributed by atoms with Crippen LogP contribution in [0.2, 0.25) is 0 Å². The lowest BCUT2D eigenvalue weighted by atomic mass is 10.2. The molecule has 192 valence electrons. The summed E-state index contributed by atoms with van der Waals surface area (Å²) in [6.07, 6.45) is 3.93. The van der Waals surface area contributed by atoms with Crippen molar-refractivity contribution < 1.29 is 14.3 Å². The number of aryl methyl sites for hydroxylation is 2. The predicted molar refractivity (Wildman–Crippen MR) is 158 cm³/mol. The lowest BCUT2D eigenvalue weighted by molar-refractivity contribution is -0.137. The molecule has 5 heteroatoms. The van der Waals surface area contributed by atoms with E-state index in [2.05, 4.69) is 38.1 Å². The van der Waals surface area contributed by atoms with Gasteiger partial charge in [-0.1, -0.05) is 66.6 Å². The van der Waals surface area contributed by atoms with Crippen molar-refractivity contribution in [1.82, 2.24) is 0 Å². The van der Waals surface area contributed by atoms with Crippen LogP contribution in [0.3, 0.4) is 0 Å². The van der Waals surface area contributed by atoms with Gasteiger partial charge in [-0.15, -0.1) is 11.3 Å². The molecule has 0 fully saturated rings. The van der Waals surface area contributed by atoms with Crippen LogP contribution in [-0.4, -0.2) is 12.6 Å². The number of ether oxygens (including phenoxy) is 2. The molecule has 0 unspecified atom stereocenters. The Morgan fingerprint density at radius 1 is 0.789 bits per heavy atom. The summed E-state index contributed by atoms with van der Waals surface area (Å²) in [4.78, 5) is 24.2. The topological polar surface area (TPSA) is 52.6 Å². The zero-order valence-electron chi connectivity index (χ0n) is 21.8. The van der Waals surface area contributed by atoms with Crippen molar-refractivity contribution >= 4 is 43.6 Å². The van der Waals surface area contributed by atoms with Gasteiger partial charge in [-0.2, -0.15) is 0 Å². The first-order chi connectivity index (χ1) is 18.4. The first-order valence-electron chi connectivity index (χ1n) is 12.5. The molecule has 5 rings (SSSR count). The maximum absolute atomic E-state index is 12.7. The van der Waals surface area contributed by atoms with Gasteiger partial charge >= 0.3 is 5.97 Å². The number of esters is 1. The van der Waals surface area contributed by atoms with Gasteiger partial charge in [0, 0.05) is 26.2 Å². The van der Waals surface area contributed by atoms with Crippen LogP contribution in [0.4, 0.5) is 0 Å². The summed E-state index contributed by atoms with van der Waals surface area (Å²) in [5.74, 6) is 0.993. The first kappa shape index (κ1) is 26.8. The molecule has 4 nitrogen and oxygen atoms in total. The normalized spacial score (nSPS) is 10.8. The molecule has 0 spiro atoms. The Kier molecular flexibility index (Phi) is 9.07. The molecule has 0 saturated heterocycles. The number of carbonyl (C=O) groups excluding carboxylic acids is 1. The van der Waals surface area contributed by atoms with E-state index in [4.69, 9.17) is 9.47 Å². The summed E-state index contributed by atoms with van der Waals surface area (Å²) in [5, 5.41) is 1.44. The van der Waals surface area contributed by atoms with Gasteiger partial charge in [-0.05, 0) is 74.4 Å². The van der Waals surface area contributed by atoms with Crippen molar-refractivity contribution in [3.05, 3.63) is 124 Å². The van der Waals surface area contributed by atoms with E-state index in [1.54, 1.807) is 17.4 Å². The second-order valence-corrected chi connectivity index (χ2v) is 10.00. The van der Waals surface area contributed by atoms with Gasteiger partial charge < -0.3 is 9.47 Å². The number of carbonyl (C=O) groups is 1. The van der Waals surface area contributed by atoms with Gasteiger partial charge in [0.15, 0.2) is 5.43 Å². The maximum Gasteiger partial charge on any atom is 0.330 e. The summed E-state index contributed by atoms with van der Waals surface area (Å²) >= 11 is 1.57. The van der Waals surface area contributed by atoms with Crippen LogP contribution in [0.25, 0.3) is 26.2 Å². The lowest BCUT2D eigenvalue weighted by Gasteiger charge is -2.07. The van der Waals surface area contributed by atoms with E-state index < -0.39 is 0 Å². The Morgan fingerprint density at radius 2 is 1.47 bits per heavy atom. The van der Waals surface area contributed by atoms with Gasteiger partial charge in [0.2, 0.25) is 0 Å². The summed E-state index contributed by atoms with van der Waals surface area (Å²) < 4.78 is 12.8. The average Bonchev–Trinajstić information content (AvgIpc) is 2.92. The van der Waals surface area contributed by atoms with E-state index in [1.165, 1.54) is 17.2 Å². The molecule has 4 aromatic carbocycles. The number of hydrogen-bond donors (Lipinski definition) is 0. The van der Waals surface area contributed by atoms with Gasteiger partial charge in [0.05, 0.1) is 6.61 Å². The third-order valence-electron chi connectivity index (χ3n) is 5.70. The summed E-state index contributed by atoms with van der Waals surface area (Å²) in [5.41, 5.74) is 3.59. The molecule has 0 radical (unpaired) electrons. The van der Waals surface area contributed by atoms with Crippen LogP contribution in [0.1, 0.15) is 30.0 Å². The summed E-state index contributed by atoms with van der Waals surface area (Å²) in [7, 11) is 0. The predicted octanol–water partition coefficient (Wildman–Crippen LogP) is 8.48. The number of hydrogen-bond acceptors (Lipinski definition) is 5. The maximum atomic E-state index is 12.7. The third kappa shape index (κ3) is 7.17. The highest BCUT2D eigenvalue weighted by Crippen LogP contribution is 2.30. The Balaban J connectivity index is 0.000000360. The van der Waals surface area contributed by atoms with Crippen LogP contribution in [0, 0.1) is 13.8 Å². The fourth-order valence-corrected chi connectivity index (χ4v) is 4.95. The zero-order chi connectivity index (χ0) is 26.9. The molecular formula is C33H30O4S. The molecule has 1 aromatic heterocycles. The van der Waals surface area contributed by atoms with Gasteiger partial charge in [0.1, 0.15) is 11.5 Å².